The largest absolute Gasteiger partial charge is 0.493 e. The molecule has 0 spiro atoms. The highest BCUT2D eigenvalue weighted by molar-refractivity contribution is 5.83. The number of H-pyrrole nitrogens is 1. The quantitative estimate of drug-likeness (QED) is 0.347. The van der Waals surface area contributed by atoms with E-state index in [1.807, 2.05) is 12.1 Å². The predicted octanol–water partition coefficient (Wildman–Crippen LogP) is 2.71. The first kappa shape index (κ1) is 26.6. The van der Waals surface area contributed by atoms with Crippen LogP contribution >= 0.6 is 0 Å². The Balaban J connectivity index is 1.55. The van der Waals surface area contributed by atoms with Gasteiger partial charge in [-0.05, 0) is 53.6 Å². The van der Waals surface area contributed by atoms with Crippen LogP contribution in [0.4, 0.5) is 5.69 Å². The molecular weight excluding hydrogens is 498 g/mol. The van der Waals surface area contributed by atoms with Gasteiger partial charge in [-0.2, -0.15) is 0 Å². The maximum absolute atomic E-state index is 13.6. The molecule has 206 valence electrons. The number of rotatable bonds is 9. The third-order valence-electron chi connectivity index (χ3n) is 7.58. The first-order valence-corrected chi connectivity index (χ1v) is 13.0. The Morgan fingerprint density at radius 2 is 1.74 bits per heavy atom. The van der Waals surface area contributed by atoms with Crippen molar-refractivity contribution in [3.63, 3.8) is 0 Å². The molecule has 11 nitrogen and oxygen atoms in total. The van der Waals surface area contributed by atoms with E-state index in [1.165, 1.54) is 16.8 Å². The van der Waals surface area contributed by atoms with Crippen LogP contribution in [0.2, 0.25) is 0 Å². The Bertz CT molecular complexity index is 1510. The van der Waals surface area contributed by atoms with Gasteiger partial charge in [0.2, 0.25) is 0 Å². The van der Waals surface area contributed by atoms with E-state index in [0.717, 1.165) is 31.6 Å². The van der Waals surface area contributed by atoms with Crippen LogP contribution in [0.5, 0.6) is 11.5 Å². The molecule has 0 bridgehead atoms. The molecule has 1 N–H and O–H groups in total. The minimum Gasteiger partial charge on any atom is -0.493 e. The van der Waals surface area contributed by atoms with Crippen molar-refractivity contribution in [2.45, 2.75) is 26.4 Å². The Hall–Kier alpha value is -3.96. The van der Waals surface area contributed by atoms with E-state index in [-0.39, 0.29) is 5.56 Å². The van der Waals surface area contributed by atoms with Gasteiger partial charge in [-0.15, -0.1) is 5.10 Å². The molecular formula is C28H35N7O4. The minimum absolute atomic E-state index is 0.196. The first-order valence-electron chi connectivity index (χ1n) is 13.0. The number of pyridine rings is 1. The van der Waals surface area contributed by atoms with E-state index in [2.05, 4.69) is 62.4 Å². The molecule has 3 heterocycles. The number of ether oxygens (including phenoxy) is 3. The second kappa shape index (κ2) is 11.4. The molecule has 0 amide bonds. The summed E-state index contributed by atoms with van der Waals surface area (Å²) in [7, 11) is 4.81. The van der Waals surface area contributed by atoms with E-state index < -0.39 is 6.04 Å². The van der Waals surface area contributed by atoms with Crippen molar-refractivity contribution in [3.8, 4) is 11.5 Å². The van der Waals surface area contributed by atoms with Crippen LogP contribution < -0.4 is 19.9 Å². The van der Waals surface area contributed by atoms with E-state index >= 15 is 0 Å². The lowest BCUT2D eigenvalue weighted by atomic mass is 10.0. The fraction of sp³-hybridized carbons (Fsp3) is 0.429. The number of hydrogen-bond donors (Lipinski definition) is 1. The smallest absolute Gasteiger partial charge is 0.253 e. The zero-order chi connectivity index (χ0) is 27.5. The van der Waals surface area contributed by atoms with Gasteiger partial charge in [0.15, 0.2) is 17.3 Å². The van der Waals surface area contributed by atoms with E-state index in [9.17, 15) is 4.79 Å². The summed E-state index contributed by atoms with van der Waals surface area (Å²) in [6.45, 7) is 8.35. The van der Waals surface area contributed by atoms with Crippen molar-refractivity contribution >= 4 is 16.6 Å². The van der Waals surface area contributed by atoms with Crippen LogP contribution in [-0.4, -0.2) is 84.2 Å². The number of aryl methyl sites for hydroxylation is 1. The average Bonchev–Trinajstić information content (AvgIpc) is 3.41. The zero-order valence-corrected chi connectivity index (χ0v) is 23.1. The Morgan fingerprint density at radius 1 is 1.00 bits per heavy atom. The van der Waals surface area contributed by atoms with Crippen LogP contribution in [-0.2, 0) is 11.3 Å². The van der Waals surface area contributed by atoms with Crippen molar-refractivity contribution < 1.29 is 14.2 Å². The lowest BCUT2D eigenvalue weighted by Crippen LogP contribution is -2.49. The molecule has 1 unspecified atom stereocenters. The van der Waals surface area contributed by atoms with Crippen molar-refractivity contribution in [2.75, 3.05) is 59.0 Å². The highest BCUT2D eigenvalue weighted by Crippen LogP contribution is 2.34. The molecule has 1 aliphatic heterocycles. The monoisotopic (exact) mass is 533 g/mol. The van der Waals surface area contributed by atoms with Gasteiger partial charge < -0.3 is 24.1 Å². The van der Waals surface area contributed by atoms with Crippen LogP contribution in [0.15, 0.2) is 41.2 Å². The number of methoxy groups -OCH3 is 3. The summed E-state index contributed by atoms with van der Waals surface area (Å²) in [5.41, 5.74) is 4.86. The Kier molecular flexibility index (Phi) is 7.80. The van der Waals surface area contributed by atoms with E-state index in [4.69, 9.17) is 14.2 Å². The third-order valence-corrected chi connectivity index (χ3v) is 7.58. The number of aromatic nitrogens is 5. The maximum atomic E-state index is 13.6. The van der Waals surface area contributed by atoms with Gasteiger partial charge in [0, 0.05) is 56.0 Å². The highest BCUT2D eigenvalue weighted by atomic mass is 16.5. The number of hydrogen-bond acceptors (Lipinski definition) is 9. The lowest BCUT2D eigenvalue weighted by Gasteiger charge is -2.40. The number of nitrogens with one attached hydrogen (secondary N) is 1. The molecule has 5 rings (SSSR count). The average molecular weight is 534 g/mol. The van der Waals surface area contributed by atoms with Gasteiger partial charge in [-0.25, -0.2) is 4.68 Å². The molecule has 39 heavy (non-hydrogen) atoms. The summed E-state index contributed by atoms with van der Waals surface area (Å²) in [4.78, 5) is 21.3. The highest BCUT2D eigenvalue weighted by Gasteiger charge is 2.33. The standard InChI is InChI=1S/C28H35N7O4/c1-18-7-6-8-23(19(18)2)33-9-11-34(12-10-33)26(27-30-31-32-35(27)13-14-37-3)21-15-20-16-24(38-4)25(39-5)17-22(20)29-28(21)36/h6-8,15-17,26H,9-14H2,1-5H3,(H,29,36). The zero-order valence-electron chi connectivity index (χ0n) is 23.1. The van der Waals surface area contributed by atoms with Crippen molar-refractivity contribution in [3.05, 3.63) is 69.3 Å². The van der Waals surface area contributed by atoms with Gasteiger partial charge in [-0.1, -0.05) is 12.1 Å². The number of aromatic amines is 1. The van der Waals surface area contributed by atoms with Gasteiger partial charge in [-0.3, -0.25) is 9.69 Å². The predicted molar refractivity (Wildman–Crippen MR) is 149 cm³/mol. The number of fused-ring (bicyclic) bond motifs is 1. The molecule has 1 saturated heterocycles. The van der Waals surface area contributed by atoms with Crippen LogP contribution in [0.3, 0.4) is 0 Å². The molecule has 1 fully saturated rings. The summed E-state index contributed by atoms with van der Waals surface area (Å²) in [5, 5.41) is 13.4. The van der Waals surface area contributed by atoms with Gasteiger partial charge in [0.05, 0.1) is 32.9 Å². The summed E-state index contributed by atoms with van der Waals surface area (Å²) in [6, 6.07) is 11.5. The van der Waals surface area contributed by atoms with Crippen LogP contribution in [0, 0.1) is 13.8 Å². The SMILES string of the molecule is COCCn1nnnc1C(c1cc2cc(OC)c(OC)cc2[nH]c1=O)N1CCN(c2cccc(C)c2C)CC1. The Labute approximate surface area is 227 Å². The molecule has 2 aromatic heterocycles. The van der Waals surface area contributed by atoms with Gasteiger partial charge in [0.1, 0.15) is 6.04 Å². The molecule has 0 radical (unpaired) electrons. The summed E-state index contributed by atoms with van der Waals surface area (Å²) in [5.74, 6) is 1.75. The van der Waals surface area contributed by atoms with Crippen LogP contribution in [0.25, 0.3) is 10.9 Å². The van der Waals surface area contributed by atoms with Crippen molar-refractivity contribution in [1.82, 2.24) is 30.1 Å². The van der Waals surface area contributed by atoms with E-state index in [1.54, 1.807) is 32.1 Å². The maximum Gasteiger partial charge on any atom is 0.253 e. The first-order chi connectivity index (χ1) is 18.9. The minimum atomic E-state index is -0.446. The lowest BCUT2D eigenvalue weighted by molar-refractivity contribution is 0.171. The fourth-order valence-electron chi connectivity index (χ4n) is 5.30. The number of anilines is 1. The number of piperazine rings is 1. The Morgan fingerprint density at radius 3 is 2.46 bits per heavy atom. The number of benzene rings is 2. The van der Waals surface area contributed by atoms with Gasteiger partial charge >= 0.3 is 0 Å². The van der Waals surface area contributed by atoms with E-state index in [0.29, 0.717) is 41.6 Å². The molecule has 11 heteroatoms. The molecule has 0 saturated carbocycles. The van der Waals surface area contributed by atoms with Crippen molar-refractivity contribution in [1.29, 1.82) is 0 Å². The second-order valence-corrected chi connectivity index (χ2v) is 9.75. The summed E-state index contributed by atoms with van der Waals surface area (Å²) >= 11 is 0. The van der Waals surface area contributed by atoms with Gasteiger partial charge in [0.25, 0.3) is 5.56 Å². The normalized spacial score (nSPS) is 15.1. The third kappa shape index (κ3) is 5.19. The fourth-order valence-corrected chi connectivity index (χ4v) is 5.30. The molecule has 2 aromatic carbocycles. The number of tetrazole rings is 1. The molecule has 4 aromatic rings. The topological polar surface area (TPSA) is 111 Å². The molecule has 1 aliphatic rings. The summed E-state index contributed by atoms with van der Waals surface area (Å²) < 4.78 is 18.0. The number of nitrogens with zero attached hydrogens (tertiary/aromatic N) is 6. The second-order valence-electron chi connectivity index (χ2n) is 9.75. The molecule has 1 atom stereocenters. The molecule has 0 aliphatic carbocycles. The van der Waals surface area contributed by atoms with Crippen LogP contribution in [0.1, 0.15) is 28.6 Å². The summed E-state index contributed by atoms with van der Waals surface area (Å²) in [6.07, 6.45) is 0. The van der Waals surface area contributed by atoms with Crippen molar-refractivity contribution in [2.24, 2.45) is 0 Å².